The molecule has 0 saturated carbocycles. The normalized spacial score (nSPS) is 15.4. The Kier molecular flexibility index (Phi) is 5.87. The van der Waals surface area contributed by atoms with Crippen LogP contribution in [-0.2, 0) is 0 Å². The van der Waals surface area contributed by atoms with Gasteiger partial charge in [-0.15, -0.1) is 0 Å². The molecule has 1 atom stereocenters. The summed E-state index contributed by atoms with van der Waals surface area (Å²) < 4.78 is 0. The van der Waals surface area contributed by atoms with Gasteiger partial charge in [0.25, 0.3) is 0 Å². The number of hydrogen-bond acceptors (Lipinski definition) is 1. The van der Waals surface area contributed by atoms with E-state index in [9.17, 15) is 0 Å². The standard InChI is InChI=1S/C14H31N/c1-8-12(2)11-14(6,7)9-10-15-13(3,4)5/h12,15H,8-11H2,1-7H3. The number of nitrogens with one attached hydrogen (secondary N) is 1. The summed E-state index contributed by atoms with van der Waals surface area (Å²) in [5, 5.41) is 3.57. The zero-order valence-corrected chi connectivity index (χ0v) is 11.9. The lowest BCUT2D eigenvalue weighted by molar-refractivity contribution is 0.241. The highest BCUT2D eigenvalue weighted by Crippen LogP contribution is 2.30. The monoisotopic (exact) mass is 213 g/mol. The first-order valence-corrected chi connectivity index (χ1v) is 6.41. The molecule has 92 valence electrons. The Morgan fingerprint density at radius 3 is 2.00 bits per heavy atom. The Labute approximate surface area is 97.0 Å². The van der Waals surface area contributed by atoms with Crippen LogP contribution in [0, 0.1) is 11.3 Å². The van der Waals surface area contributed by atoms with Gasteiger partial charge in [-0.25, -0.2) is 0 Å². The van der Waals surface area contributed by atoms with Crippen LogP contribution in [0.4, 0.5) is 0 Å². The third-order valence-corrected chi connectivity index (χ3v) is 3.06. The van der Waals surface area contributed by atoms with Gasteiger partial charge in [-0.2, -0.15) is 0 Å². The van der Waals surface area contributed by atoms with E-state index >= 15 is 0 Å². The third kappa shape index (κ3) is 8.92. The molecule has 0 aromatic heterocycles. The first kappa shape index (κ1) is 15.0. The minimum atomic E-state index is 0.256. The zero-order chi connectivity index (χ0) is 12.1. The second kappa shape index (κ2) is 5.89. The quantitative estimate of drug-likeness (QED) is 0.696. The molecular weight excluding hydrogens is 182 g/mol. The topological polar surface area (TPSA) is 12.0 Å². The van der Waals surface area contributed by atoms with E-state index in [1.165, 1.54) is 19.3 Å². The molecule has 0 aliphatic heterocycles. The lowest BCUT2D eigenvalue weighted by atomic mass is 9.80. The van der Waals surface area contributed by atoms with Gasteiger partial charge in [0.15, 0.2) is 0 Å². The zero-order valence-electron chi connectivity index (χ0n) is 11.9. The average molecular weight is 213 g/mol. The van der Waals surface area contributed by atoms with Crippen molar-refractivity contribution in [2.75, 3.05) is 6.54 Å². The SMILES string of the molecule is CCC(C)CC(C)(C)CCNC(C)(C)C. The Morgan fingerprint density at radius 1 is 1.07 bits per heavy atom. The summed E-state index contributed by atoms with van der Waals surface area (Å²) in [4.78, 5) is 0. The van der Waals surface area contributed by atoms with Crippen LogP contribution in [-0.4, -0.2) is 12.1 Å². The molecule has 0 saturated heterocycles. The van der Waals surface area contributed by atoms with Crippen LogP contribution in [0.2, 0.25) is 0 Å². The highest BCUT2D eigenvalue weighted by atomic mass is 14.9. The fourth-order valence-electron chi connectivity index (χ4n) is 1.97. The van der Waals surface area contributed by atoms with E-state index in [4.69, 9.17) is 0 Å². The van der Waals surface area contributed by atoms with Gasteiger partial charge in [-0.3, -0.25) is 0 Å². The Balaban J connectivity index is 3.84. The molecule has 1 nitrogen and oxygen atoms in total. The predicted octanol–water partition coefficient (Wildman–Crippen LogP) is 4.23. The lowest BCUT2D eigenvalue weighted by Gasteiger charge is -2.30. The first-order chi connectivity index (χ1) is 6.66. The van der Waals surface area contributed by atoms with Crippen molar-refractivity contribution in [2.24, 2.45) is 11.3 Å². The Hall–Kier alpha value is -0.0400. The molecule has 0 fully saturated rings. The van der Waals surface area contributed by atoms with Crippen molar-refractivity contribution in [1.82, 2.24) is 5.32 Å². The summed E-state index contributed by atoms with van der Waals surface area (Å²) in [6.45, 7) is 17.3. The van der Waals surface area contributed by atoms with E-state index in [2.05, 4.69) is 53.8 Å². The van der Waals surface area contributed by atoms with Crippen molar-refractivity contribution in [1.29, 1.82) is 0 Å². The van der Waals surface area contributed by atoms with Crippen molar-refractivity contribution in [3.05, 3.63) is 0 Å². The van der Waals surface area contributed by atoms with Crippen molar-refractivity contribution >= 4 is 0 Å². The Morgan fingerprint density at radius 2 is 1.60 bits per heavy atom. The molecule has 0 rings (SSSR count). The van der Waals surface area contributed by atoms with Crippen molar-refractivity contribution in [3.8, 4) is 0 Å². The maximum absolute atomic E-state index is 3.57. The van der Waals surface area contributed by atoms with Crippen LogP contribution in [0.15, 0.2) is 0 Å². The fraction of sp³-hybridized carbons (Fsp3) is 1.00. The average Bonchev–Trinajstić information content (AvgIpc) is 2.00. The van der Waals surface area contributed by atoms with E-state index in [1.807, 2.05) is 0 Å². The summed E-state index contributed by atoms with van der Waals surface area (Å²) in [6, 6.07) is 0. The van der Waals surface area contributed by atoms with Crippen molar-refractivity contribution in [3.63, 3.8) is 0 Å². The summed E-state index contributed by atoms with van der Waals surface area (Å²) >= 11 is 0. The summed E-state index contributed by atoms with van der Waals surface area (Å²) in [5.41, 5.74) is 0.736. The molecule has 0 spiro atoms. The molecule has 0 aromatic rings. The molecule has 1 N–H and O–H groups in total. The Bertz CT molecular complexity index is 165. The minimum Gasteiger partial charge on any atom is -0.312 e. The highest BCUT2D eigenvalue weighted by molar-refractivity contribution is 4.76. The molecule has 0 aliphatic carbocycles. The van der Waals surface area contributed by atoms with Crippen LogP contribution < -0.4 is 5.32 Å². The van der Waals surface area contributed by atoms with Gasteiger partial charge in [0, 0.05) is 5.54 Å². The molecule has 0 heterocycles. The van der Waals surface area contributed by atoms with Gasteiger partial charge in [-0.1, -0.05) is 34.1 Å². The van der Waals surface area contributed by atoms with Crippen LogP contribution >= 0.6 is 0 Å². The maximum Gasteiger partial charge on any atom is 0.00965 e. The first-order valence-electron chi connectivity index (χ1n) is 6.41. The van der Waals surface area contributed by atoms with Crippen LogP contribution in [0.25, 0.3) is 0 Å². The highest BCUT2D eigenvalue weighted by Gasteiger charge is 2.20. The van der Waals surface area contributed by atoms with Gasteiger partial charge in [0.1, 0.15) is 0 Å². The van der Waals surface area contributed by atoms with Gasteiger partial charge < -0.3 is 5.32 Å². The maximum atomic E-state index is 3.57. The fourth-order valence-corrected chi connectivity index (χ4v) is 1.97. The second-order valence-corrected chi connectivity index (χ2v) is 6.81. The largest absolute Gasteiger partial charge is 0.312 e. The third-order valence-electron chi connectivity index (χ3n) is 3.06. The predicted molar refractivity (Wildman–Crippen MR) is 70.2 cm³/mol. The molecule has 0 amide bonds. The number of hydrogen-bond donors (Lipinski definition) is 1. The van der Waals surface area contributed by atoms with Crippen molar-refractivity contribution < 1.29 is 0 Å². The molecule has 0 bridgehead atoms. The van der Waals surface area contributed by atoms with Crippen LogP contribution in [0.3, 0.4) is 0 Å². The van der Waals surface area contributed by atoms with Gasteiger partial charge in [-0.05, 0) is 51.5 Å². The van der Waals surface area contributed by atoms with Crippen LogP contribution in [0.1, 0.15) is 67.7 Å². The summed E-state index contributed by atoms with van der Waals surface area (Å²) in [6.07, 6.45) is 3.92. The molecule has 1 unspecified atom stereocenters. The van der Waals surface area contributed by atoms with E-state index in [0.29, 0.717) is 5.41 Å². The van der Waals surface area contributed by atoms with E-state index in [1.54, 1.807) is 0 Å². The van der Waals surface area contributed by atoms with Gasteiger partial charge >= 0.3 is 0 Å². The van der Waals surface area contributed by atoms with Gasteiger partial charge in [0.2, 0.25) is 0 Å². The molecule has 0 aliphatic rings. The molecule has 0 aromatic carbocycles. The minimum absolute atomic E-state index is 0.256. The van der Waals surface area contributed by atoms with Crippen LogP contribution in [0.5, 0.6) is 0 Å². The smallest absolute Gasteiger partial charge is 0.00965 e. The molecule has 15 heavy (non-hydrogen) atoms. The lowest BCUT2D eigenvalue weighted by Crippen LogP contribution is -2.38. The van der Waals surface area contributed by atoms with Gasteiger partial charge in [0.05, 0.1) is 0 Å². The molecule has 0 radical (unpaired) electrons. The van der Waals surface area contributed by atoms with E-state index in [-0.39, 0.29) is 5.54 Å². The van der Waals surface area contributed by atoms with E-state index in [0.717, 1.165) is 12.5 Å². The molecule has 1 heteroatoms. The van der Waals surface area contributed by atoms with Crippen molar-refractivity contribution in [2.45, 2.75) is 73.3 Å². The summed E-state index contributed by atoms with van der Waals surface area (Å²) in [7, 11) is 0. The van der Waals surface area contributed by atoms with E-state index < -0.39 is 0 Å². The number of rotatable bonds is 6. The molecular formula is C14H31N. The second-order valence-electron chi connectivity index (χ2n) is 6.81. The summed E-state index contributed by atoms with van der Waals surface area (Å²) in [5.74, 6) is 0.856.